The van der Waals surface area contributed by atoms with Crippen molar-refractivity contribution in [1.29, 1.82) is 0 Å². The van der Waals surface area contributed by atoms with E-state index in [0.717, 1.165) is 0 Å². The molecule has 0 saturated carbocycles. The van der Waals surface area contributed by atoms with Crippen LogP contribution in [0.3, 0.4) is 0 Å². The van der Waals surface area contributed by atoms with Gasteiger partial charge in [0.2, 0.25) is 5.91 Å². The summed E-state index contributed by atoms with van der Waals surface area (Å²) in [7, 11) is 0. The zero-order valence-electron chi connectivity index (χ0n) is 15.2. The van der Waals surface area contributed by atoms with Gasteiger partial charge in [-0.3, -0.25) is 9.59 Å². The molecule has 27 heavy (non-hydrogen) atoms. The highest BCUT2D eigenvalue weighted by Gasteiger charge is 2.44. The molecule has 3 aliphatic heterocycles. The molecule has 3 aliphatic rings. The molecule has 1 spiro atoms. The SMILES string of the molecule is O=C1N[C@H]2CCOC[C@H]2NC(=O)C2(C/C=C/COc3ccccc31)CNC2. The normalized spacial score (nSPS) is 29.0. The van der Waals surface area contributed by atoms with Crippen LogP contribution in [0.2, 0.25) is 0 Å². The van der Waals surface area contributed by atoms with Gasteiger partial charge in [-0.25, -0.2) is 0 Å². The molecule has 0 unspecified atom stereocenters. The number of ether oxygens (including phenoxy) is 2. The van der Waals surface area contributed by atoms with Crippen LogP contribution in [0.1, 0.15) is 23.2 Å². The Balaban J connectivity index is 1.62. The van der Waals surface area contributed by atoms with Crippen molar-refractivity contribution in [1.82, 2.24) is 16.0 Å². The first kappa shape index (κ1) is 18.0. The van der Waals surface area contributed by atoms with Crippen molar-refractivity contribution in [2.75, 3.05) is 32.9 Å². The summed E-state index contributed by atoms with van der Waals surface area (Å²) in [6, 6.07) is 6.81. The molecule has 4 rings (SSSR count). The van der Waals surface area contributed by atoms with Crippen molar-refractivity contribution in [2.45, 2.75) is 24.9 Å². The molecule has 1 aromatic carbocycles. The second-order valence-electron chi connectivity index (χ2n) is 7.39. The van der Waals surface area contributed by atoms with E-state index < -0.39 is 5.41 Å². The van der Waals surface area contributed by atoms with Gasteiger partial charge >= 0.3 is 0 Å². The van der Waals surface area contributed by atoms with Crippen LogP contribution in [0.25, 0.3) is 0 Å². The Bertz CT molecular complexity index is 744. The van der Waals surface area contributed by atoms with E-state index in [1.165, 1.54) is 0 Å². The fraction of sp³-hybridized carbons (Fsp3) is 0.500. The van der Waals surface area contributed by atoms with Crippen LogP contribution in [0, 0.1) is 5.41 Å². The zero-order valence-corrected chi connectivity index (χ0v) is 15.2. The van der Waals surface area contributed by atoms with E-state index in [1.54, 1.807) is 12.1 Å². The molecule has 7 heteroatoms. The number of nitrogens with one attached hydrogen (secondary N) is 3. The lowest BCUT2D eigenvalue weighted by Crippen LogP contribution is -2.65. The smallest absolute Gasteiger partial charge is 0.255 e. The summed E-state index contributed by atoms with van der Waals surface area (Å²) in [6.45, 7) is 2.61. The first-order chi connectivity index (χ1) is 13.2. The molecule has 144 valence electrons. The minimum Gasteiger partial charge on any atom is -0.489 e. The predicted molar refractivity (Wildman–Crippen MR) is 99.6 cm³/mol. The van der Waals surface area contributed by atoms with Gasteiger partial charge in [-0.05, 0) is 25.0 Å². The molecular weight excluding hydrogens is 346 g/mol. The van der Waals surface area contributed by atoms with Gasteiger partial charge in [0.25, 0.3) is 5.91 Å². The Kier molecular flexibility index (Phi) is 5.13. The first-order valence-electron chi connectivity index (χ1n) is 9.45. The Morgan fingerprint density at radius 2 is 1.89 bits per heavy atom. The third-order valence-electron chi connectivity index (χ3n) is 5.54. The van der Waals surface area contributed by atoms with E-state index in [2.05, 4.69) is 16.0 Å². The minimum absolute atomic E-state index is 0.0130. The maximum atomic E-state index is 12.9. The highest BCUT2D eigenvalue weighted by Crippen LogP contribution is 2.29. The third kappa shape index (κ3) is 3.70. The summed E-state index contributed by atoms with van der Waals surface area (Å²) in [5, 5.41) is 9.39. The van der Waals surface area contributed by atoms with Crippen LogP contribution in [0.5, 0.6) is 5.75 Å². The summed E-state index contributed by atoms with van der Waals surface area (Å²) in [4.78, 5) is 25.8. The summed E-state index contributed by atoms with van der Waals surface area (Å²) in [6.07, 6.45) is 5.20. The van der Waals surface area contributed by atoms with Crippen LogP contribution in [0.4, 0.5) is 0 Å². The topological polar surface area (TPSA) is 88.7 Å². The number of fused-ring (bicyclic) bond motifs is 2. The molecule has 1 aromatic rings. The van der Waals surface area contributed by atoms with Crippen molar-refractivity contribution < 1.29 is 19.1 Å². The molecule has 2 fully saturated rings. The standard InChI is InChI=1S/C20H25N3O4/c24-18-14-5-1-2-6-17(14)27-9-4-3-8-20(12-21-13-20)19(25)23-16-11-26-10-7-15(16)22-18/h1-6,15-16,21H,7-13H2,(H,22,24)(H,23,25)/b4-3+/t15-,16+/m0/s1. The summed E-state index contributed by atoms with van der Waals surface area (Å²) >= 11 is 0. The number of carbonyl (C=O) groups is 2. The fourth-order valence-electron chi connectivity index (χ4n) is 3.74. The molecule has 3 heterocycles. The number of hydrogen-bond acceptors (Lipinski definition) is 5. The molecule has 3 N–H and O–H groups in total. The molecule has 2 amide bonds. The number of para-hydroxylation sites is 1. The van der Waals surface area contributed by atoms with Gasteiger partial charge in [-0.15, -0.1) is 0 Å². The van der Waals surface area contributed by atoms with Crippen LogP contribution < -0.4 is 20.7 Å². The lowest BCUT2D eigenvalue weighted by molar-refractivity contribution is -0.135. The number of hydrogen-bond donors (Lipinski definition) is 3. The second kappa shape index (κ2) is 7.70. The Morgan fingerprint density at radius 1 is 1.04 bits per heavy atom. The Hall–Kier alpha value is -2.38. The number of rotatable bonds is 0. The second-order valence-corrected chi connectivity index (χ2v) is 7.39. The van der Waals surface area contributed by atoms with Crippen molar-refractivity contribution in [2.24, 2.45) is 5.41 Å². The van der Waals surface area contributed by atoms with Crippen molar-refractivity contribution in [3.05, 3.63) is 42.0 Å². The minimum atomic E-state index is -0.440. The van der Waals surface area contributed by atoms with Gasteiger partial charge in [0, 0.05) is 19.7 Å². The van der Waals surface area contributed by atoms with E-state index in [4.69, 9.17) is 9.47 Å². The van der Waals surface area contributed by atoms with E-state index >= 15 is 0 Å². The van der Waals surface area contributed by atoms with Crippen molar-refractivity contribution in [3.63, 3.8) is 0 Å². The lowest BCUT2D eigenvalue weighted by Gasteiger charge is -2.43. The maximum absolute atomic E-state index is 12.9. The van der Waals surface area contributed by atoms with Gasteiger partial charge in [0.1, 0.15) is 12.4 Å². The quantitative estimate of drug-likeness (QED) is 0.582. The van der Waals surface area contributed by atoms with Gasteiger partial charge in [-0.2, -0.15) is 0 Å². The molecule has 2 atom stereocenters. The van der Waals surface area contributed by atoms with Crippen LogP contribution in [0.15, 0.2) is 36.4 Å². The molecule has 7 nitrogen and oxygen atoms in total. The highest BCUT2D eigenvalue weighted by atomic mass is 16.5. The predicted octanol–water partition coefficient (Wildman–Crippen LogP) is 0.618. The molecule has 0 bridgehead atoms. The van der Waals surface area contributed by atoms with E-state index in [0.29, 0.717) is 57.1 Å². The van der Waals surface area contributed by atoms with Gasteiger partial charge in [0.15, 0.2) is 0 Å². The number of benzene rings is 1. The van der Waals surface area contributed by atoms with E-state index in [9.17, 15) is 9.59 Å². The van der Waals surface area contributed by atoms with Gasteiger partial charge < -0.3 is 25.4 Å². The number of carbonyl (C=O) groups excluding carboxylic acids is 2. The Labute approximate surface area is 158 Å². The number of amides is 2. The first-order valence-corrected chi connectivity index (χ1v) is 9.45. The molecular formula is C20H25N3O4. The Morgan fingerprint density at radius 3 is 2.70 bits per heavy atom. The van der Waals surface area contributed by atoms with Crippen LogP contribution >= 0.6 is 0 Å². The molecule has 0 radical (unpaired) electrons. The largest absolute Gasteiger partial charge is 0.489 e. The van der Waals surface area contributed by atoms with Crippen molar-refractivity contribution in [3.8, 4) is 5.75 Å². The zero-order chi connectivity index (χ0) is 18.7. The summed E-state index contributed by atoms with van der Waals surface area (Å²) < 4.78 is 11.4. The average Bonchev–Trinajstić information content (AvgIpc) is 2.64. The average molecular weight is 371 g/mol. The van der Waals surface area contributed by atoms with Crippen LogP contribution in [-0.4, -0.2) is 56.8 Å². The summed E-state index contributed by atoms with van der Waals surface area (Å²) in [5.74, 6) is 0.376. The van der Waals surface area contributed by atoms with Crippen molar-refractivity contribution >= 4 is 11.8 Å². The van der Waals surface area contributed by atoms with E-state index in [-0.39, 0.29) is 23.9 Å². The van der Waals surface area contributed by atoms with Crippen LogP contribution in [-0.2, 0) is 9.53 Å². The van der Waals surface area contributed by atoms with Gasteiger partial charge in [-0.1, -0.05) is 24.3 Å². The maximum Gasteiger partial charge on any atom is 0.255 e. The van der Waals surface area contributed by atoms with E-state index in [1.807, 2.05) is 24.3 Å². The summed E-state index contributed by atoms with van der Waals surface area (Å²) in [5.41, 5.74) is 0.0593. The molecule has 0 aliphatic carbocycles. The monoisotopic (exact) mass is 371 g/mol. The lowest BCUT2D eigenvalue weighted by atomic mass is 9.77. The third-order valence-corrected chi connectivity index (χ3v) is 5.54. The molecule has 2 saturated heterocycles. The highest BCUT2D eigenvalue weighted by molar-refractivity contribution is 5.97. The number of allylic oxidation sites excluding steroid dienone is 1. The molecule has 0 aromatic heterocycles. The van der Waals surface area contributed by atoms with Gasteiger partial charge in [0.05, 0.1) is 29.7 Å². The fourth-order valence-corrected chi connectivity index (χ4v) is 3.74.